The molecule has 5 rings (SSSR count). The number of nitrogens with one attached hydrogen (secondary N) is 3. The van der Waals surface area contributed by atoms with Gasteiger partial charge in [0.05, 0.1) is 11.1 Å². The van der Waals surface area contributed by atoms with E-state index >= 15 is 0 Å². The number of fused-ring (bicyclic) bond motifs is 2. The van der Waals surface area contributed by atoms with Gasteiger partial charge in [0.25, 0.3) is 0 Å². The van der Waals surface area contributed by atoms with Gasteiger partial charge >= 0.3 is 12.2 Å². The Bertz CT molecular complexity index is 1420. The quantitative estimate of drug-likeness (QED) is 0.315. The fourth-order valence-electron chi connectivity index (χ4n) is 3.52. The van der Waals surface area contributed by atoms with Gasteiger partial charge in [-0.05, 0) is 42.5 Å². The summed E-state index contributed by atoms with van der Waals surface area (Å²) >= 11 is 0. The number of carbonyl (C=O) groups is 1. The first-order valence-corrected chi connectivity index (χ1v) is 10.2. The maximum atomic E-state index is 13.3. The van der Waals surface area contributed by atoms with E-state index < -0.39 is 30.2 Å². The topological polar surface area (TPSA) is 97.5 Å². The van der Waals surface area contributed by atoms with E-state index in [1.807, 2.05) is 0 Å². The van der Waals surface area contributed by atoms with E-state index in [-0.39, 0.29) is 23.9 Å². The van der Waals surface area contributed by atoms with Gasteiger partial charge in [0.15, 0.2) is 17.3 Å². The van der Waals surface area contributed by atoms with Gasteiger partial charge in [0.1, 0.15) is 18.2 Å². The van der Waals surface area contributed by atoms with Gasteiger partial charge in [-0.15, -0.1) is 0 Å². The van der Waals surface area contributed by atoms with Gasteiger partial charge in [0.2, 0.25) is 6.79 Å². The maximum Gasteiger partial charge on any atom is 0.416 e. The Balaban J connectivity index is 1.30. The van der Waals surface area contributed by atoms with Crippen LogP contribution in [-0.4, -0.2) is 23.0 Å². The minimum Gasteiger partial charge on any atom is -0.489 e. The van der Waals surface area contributed by atoms with Crippen molar-refractivity contribution in [2.45, 2.75) is 12.8 Å². The Hall–Kier alpha value is -4.48. The Labute approximate surface area is 194 Å². The number of H-pyrrole nitrogens is 1. The van der Waals surface area contributed by atoms with Gasteiger partial charge < -0.3 is 19.5 Å². The number of benzene rings is 3. The fourth-order valence-corrected chi connectivity index (χ4v) is 3.52. The first-order chi connectivity index (χ1) is 16.8. The molecule has 0 saturated carbocycles. The summed E-state index contributed by atoms with van der Waals surface area (Å²) in [5.74, 6) is 0.502. The predicted octanol–water partition coefficient (Wildman–Crippen LogP) is 5.67. The van der Waals surface area contributed by atoms with Crippen LogP contribution in [0.25, 0.3) is 10.9 Å². The third-order valence-electron chi connectivity index (χ3n) is 5.17. The number of hydrogen-bond donors (Lipinski definition) is 3. The number of aromatic amines is 1. The molecule has 0 fully saturated rings. The van der Waals surface area contributed by atoms with Gasteiger partial charge in [0, 0.05) is 22.7 Å². The first kappa shape index (κ1) is 22.3. The van der Waals surface area contributed by atoms with Crippen molar-refractivity contribution in [3.8, 4) is 17.2 Å². The van der Waals surface area contributed by atoms with E-state index in [0.29, 0.717) is 34.2 Å². The molecular weight excluding hydrogens is 472 g/mol. The average Bonchev–Trinajstić information content (AvgIpc) is 3.44. The largest absolute Gasteiger partial charge is 0.489 e. The van der Waals surface area contributed by atoms with E-state index in [1.54, 1.807) is 24.3 Å². The highest BCUT2D eigenvalue weighted by Crippen LogP contribution is 2.35. The smallest absolute Gasteiger partial charge is 0.416 e. The fraction of sp³-hybridized carbons (Fsp3) is 0.130. The molecule has 8 nitrogen and oxygen atoms in total. The number of nitrogens with zero attached hydrogens (tertiary/aromatic N) is 1. The van der Waals surface area contributed by atoms with Crippen LogP contribution >= 0.6 is 0 Å². The van der Waals surface area contributed by atoms with E-state index in [4.69, 9.17) is 14.2 Å². The van der Waals surface area contributed by atoms with Crippen LogP contribution in [0.3, 0.4) is 0 Å². The Morgan fingerprint density at radius 1 is 1.03 bits per heavy atom. The number of aromatic nitrogens is 2. The summed E-state index contributed by atoms with van der Waals surface area (Å²) in [5.41, 5.74) is -0.291. The Morgan fingerprint density at radius 2 is 1.86 bits per heavy atom. The molecule has 1 aromatic heterocycles. The monoisotopic (exact) mass is 488 g/mol. The molecule has 4 aromatic rings. The molecule has 2 amide bonds. The zero-order valence-corrected chi connectivity index (χ0v) is 17.7. The minimum atomic E-state index is -4.72. The number of rotatable bonds is 5. The van der Waals surface area contributed by atoms with Crippen LogP contribution in [0.1, 0.15) is 11.1 Å². The standard InChI is InChI=1S/C23H16F4N4O4/c24-13-2-1-12(17(7-13)23(25,26)27)10-33-15-4-5-18-16(9-15)21(31-30-18)29-22(32)28-14-3-6-19-20(8-14)35-11-34-19/h1-9H,10-11H2,(H3,28,29,30,31,32). The predicted molar refractivity (Wildman–Crippen MR) is 117 cm³/mol. The van der Waals surface area contributed by atoms with Gasteiger partial charge in [-0.1, -0.05) is 6.07 Å². The molecule has 3 N–H and O–H groups in total. The van der Waals surface area contributed by atoms with Gasteiger partial charge in [-0.2, -0.15) is 18.3 Å². The normalized spacial score (nSPS) is 12.6. The number of halogens is 4. The van der Waals surface area contributed by atoms with Gasteiger partial charge in [-0.25, -0.2) is 9.18 Å². The number of carbonyl (C=O) groups excluding carboxylic acids is 1. The van der Waals surface area contributed by atoms with Crippen LogP contribution < -0.4 is 24.8 Å². The molecular formula is C23H16F4N4O4. The SMILES string of the molecule is O=C(Nc1ccc2c(c1)OCO2)Nc1n[nH]c2ccc(OCc3ccc(F)cc3C(F)(F)F)cc12. The molecule has 0 bridgehead atoms. The van der Waals surface area contributed by atoms with Crippen molar-refractivity contribution < 1.29 is 36.6 Å². The molecule has 2 heterocycles. The molecule has 35 heavy (non-hydrogen) atoms. The minimum absolute atomic E-state index is 0.104. The van der Waals surface area contributed by atoms with Crippen LogP contribution in [-0.2, 0) is 12.8 Å². The number of urea groups is 1. The second-order valence-electron chi connectivity index (χ2n) is 7.51. The molecule has 1 aliphatic heterocycles. The van der Waals surface area contributed by atoms with Crippen LogP contribution in [0.4, 0.5) is 33.9 Å². The number of alkyl halides is 3. The summed E-state index contributed by atoms with van der Waals surface area (Å²) in [4.78, 5) is 12.5. The summed E-state index contributed by atoms with van der Waals surface area (Å²) in [6.07, 6.45) is -4.72. The Morgan fingerprint density at radius 3 is 2.69 bits per heavy atom. The average molecular weight is 488 g/mol. The molecule has 0 saturated heterocycles. The van der Waals surface area contributed by atoms with Crippen molar-refractivity contribution in [3.63, 3.8) is 0 Å². The van der Waals surface area contributed by atoms with E-state index in [1.165, 1.54) is 12.1 Å². The lowest BCUT2D eigenvalue weighted by Crippen LogP contribution is -2.19. The van der Waals surface area contributed by atoms with Crippen LogP contribution in [0, 0.1) is 5.82 Å². The lowest BCUT2D eigenvalue weighted by Gasteiger charge is -2.14. The summed E-state index contributed by atoms with van der Waals surface area (Å²) in [5, 5.41) is 12.5. The summed E-state index contributed by atoms with van der Waals surface area (Å²) in [7, 11) is 0. The second kappa shape index (κ2) is 8.70. The second-order valence-corrected chi connectivity index (χ2v) is 7.51. The van der Waals surface area contributed by atoms with Crippen molar-refractivity contribution in [1.82, 2.24) is 10.2 Å². The van der Waals surface area contributed by atoms with E-state index in [2.05, 4.69) is 20.8 Å². The number of amides is 2. The summed E-state index contributed by atoms with van der Waals surface area (Å²) in [6, 6.07) is 11.4. The number of ether oxygens (including phenoxy) is 3. The van der Waals surface area contributed by atoms with Crippen molar-refractivity contribution in [3.05, 3.63) is 71.5 Å². The van der Waals surface area contributed by atoms with Crippen molar-refractivity contribution in [2.24, 2.45) is 0 Å². The van der Waals surface area contributed by atoms with Crippen molar-refractivity contribution in [1.29, 1.82) is 0 Å². The lowest BCUT2D eigenvalue weighted by atomic mass is 10.1. The molecule has 180 valence electrons. The highest BCUT2D eigenvalue weighted by Gasteiger charge is 2.34. The molecule has 0 spiro atoms. The molecule has 1 aliphatic rings. The summed E-state index contributed by atoms with van der Waals surface area (Å²) in [6.45, 7) is -0.334. The highest BCUT2D eigenvalue weighted by molar-refractivity contribution is 6.04. The first-order valence-electron chi connectivity index (χ1n) is 10.2. The number of hydrogen-bond acceptors (Lipinski definition) is 5. The molecule has 0 atom stereocenters. The van der Waals surface area contributed by atoms with E-state index in [9.17, 15) is 22.4 Å². The maximum absolute atomic E-state index is 13.3. The molecule has 3 aromatic carbocycles. The van der Waals surface area contributed by atoms with Crippen molar-refractivity contribution in [2.75, 3.05) is 17.4 Å². The molecule has 0 aliphatic carbocycles. The van der Waals surface area contributed by atoms with Gasteiger partial charge in [-0.3, -0.25) is 10.4 Å². The molecule has 12 heteroatoms. The number of anilines is 2. The zero-order chi connectivity index (χ0) is 24.6. The highest BCUT2D eigenvalue weighted by atomic mass is 19.4. The van der Waals surface area contributed by atoms with Crippen LogP contribution in [0.5, 0.6) is 17.2 Å². The lowest BCUT2D eigenvalue weighted by molar-refractivity contribution is -0.138. The third-order valence-corrected chi connectivity index (χ3v) is 5.17. The summed E-state index contributed by atoms with van der Waals surface area (Å²) < 4.78 is 69.0. The van der Waals surface area contributed by atoms with Crippen LogP contribution in [0.15, 0.2) is 54.6 Å². The Kier molecular flexibility index (Phi) is 5.55. The van der Waals surface area contributed by atoms with E-state index in [0.717, 1.165) is 12.1 Å². The third kappa shape index (κ3) is 4.76. The molecule has 0 unspecified atom stereocenters. The van der Waals surface area contributed by atoms with Crippen LogP contribution in [0.2, 0.25) is 0 Å². The molecule has 0 radical (unpaired) electrons. The van der Waals surface area contributed by atoms with Crippen molar-refractivity contribution >= 4 is 28.4 Å². The zero-order valence-electron chi connectivity index (χ0n) is 17.7.